The highest BCUT2D eigenvalue weighted by Crippen LogP contribution is 2.20. The molecule has 34 heavy (non-hydrogen) atoms. The molecule has 0 spiro atoms. The van der Waals surface area contributed by atoms with E-state index in [1.165, 1.54) is 0 Å². The van der Waals surface area contributed by atoms with Crippen LogP contribution in [0.1, 0.15) is 24.2 Å². The highest BCUT2D eigenvalue weighted by atomic mass is 16.5. The van der Waals surface area contributed by atoms with Crippen LogP contribution >= 0.6 is 0 Å². The maximum absolute atomic E-state index is 12.3. The number of hydrogen-bond donors (Lipinski definition) is 1. The smallest absolute Gasteiger partial charge is 0.338 e. The summed E-state index contributed by atoms with van der Waals surface area (Å²) in [6, 6.07) is 14.8. The van der Waals surface area contributed by atoms with Gasteiger partial charge in [-0.2, -0.15) is 0 Å². The highest BCUT2D eigenvalue weighted by molar-refractivity contribution is 5.89. The molecule has 8 heteroatoms. The molecule has 186 valence electrons. The number of carbonyl (C=O) groups is 1. The number of nitrogens with zero attached hydrogens (tertiary/aromatic N) is 2. The standard InChI is InChI=1S/C26H36N2O6/c1-20(2)32-16-17-33-25-8-4-21(5-9-25)26(30)34-19-23(29)18-27-12-14-28(15-13-27)22-6-10-24(31-3)11-7-22/h4-11,20,23,29H,12-19H2,1-3H3. The highest BCUT2D eigenvalue weighted by Gasteiger charge is 2.20. The number of esters is 1. The molecule has 1 aliphatic heterocycles. The molecule has 1 fully saturated rings. The molecule has 2 aromatic rings. The quantitative estimate of drug-likeness (QED) is 0.373. The molecule has 1 unspecified atom stereocenters. The van der Waals surface area contributed by atoms with Crippen molar-refractivity contribution >= 4 is 11.7 Å². The van der Waals surface area contributed by atoms with Crippen molar-refractivity contribution in [1.82, 2.24) is 4.90 Å². The van der Waals surface area contributed by atoms with Crippen molar-refractivity contribution < 1.29 is 28.8 Å². The first-order valence-electron chi connectivity index (χ1n) is 11.8. The van der Waals surface area contributed by atoms with Gasteiger partial charge in [-0.25, -0.2) is 4.79 Å². The number of hydrogen-bond acceptors (Lipinski definition) is 8. The van der Waals surface area contributed by atoms with Gasteiger partial charge in [0.1, 0.15) is 30.8 Å². The zero-order chi connectivity index (χ0) is 24.3. The van der Waals surface area contributed by atoms with E-state index in [9.17, 15) is 9.90 Å². The molecule has 1 saturated heterocycles. The Morgan fingerprint density at radius 3 is 2.21 bits per heavy atom. The third-order valence-electron chi connectivity index (χ3n) is 5.58. The predicted molar refractivity (Wildman–Crippen MR) is 131 cm³/mol. The van der Waals surface area contributed by atoms with E-state index >= 15 is 0 Å². The lowest BCUT2D eigenvalue weighted by molar-refractivity contribution is 0.0151. The Kier molecular flexibility index (Phi) is 10.00. The van der Waals surface area contributed by atoms with Crippen LogP contribution in [0.25, 0.3) is 0 Å². The fourth-order valence-corrected chi connectivity index (χ4v) is 3.72. The number of β-amino-alcohol motifs (C(OH)–C–C–N with tert-alkyl or cyclic N) is 1. The summed E-state index contributed by atoms with van der Waals surface area (Å²) in [7, 11) is 1.66. The van der Waals surface area contributed by atoms with Gasteiger partial charge in [0.05, 0.1) is 25.4 Å². The molecule has 0 bridgehead atoms. The third kappa shape index (κ3) is 8.20. The van der Waals surface area contributed by atoms with Crippen LogP contribution in [-0.4, -0.2) is 87.8 Å². The molecular formula is C26H36N2O6. The van der Waals surface area contributed by atoms with Crippen LogP contribution in [0.15, 0.2) is 48.5 Å². The van der Waals surface area contributed by atoms with E-state index in [-0.39, 0.29) is 12.7 Å². The van der Waals surface area contributed by atoms with E-state index in [0.29, 0.717) is 31.1 Å². The SMILES string of the molecule is COc1ccc(N2CCN(CC(O)COC(=O)c3ccc(OCCOC(C)C)cc3)CC2)cc1. The molecule has 0 saturated carbocycles. The minimum absolute atomic E-state index is 0.0394. The number of benzene rings is 2. The average Bonchev–Trinajstić information content (AvgIpc) is 2.86. The second-order valence-electron chi connectivity index (χ2n) is 8.53. The Balaban J connectivity index is 1.34. The first-order valence-corrected chi connectivity index (χ1v) is 11.8. The number of aliphatic hydroxyl groups excluding tert-OH is 1. The fraction of sp³-hybridized carbons (Fsp3) is 0.500. The van der Waals surface area contributed by atoms with Crippen molar-refractivity contribution in [3.63, 3.8) is 0 Å². The summed E-state index contributed by atoms with van der Waals surface area (Å²) in [5, 5.41) is 10.4. The first-order chi connectivity index (χ1) is 16.4. The number of rotatable bonds is 12. The summed E-state index contributed by atoms with van der Waals surface area (Å²) in [5.74, 6) is 1.05. The maximum atomic E-state index is 12.3. The van der Waals surface area contributed by atoms with Gasteiger partial charge in [-0.15, -0.1) is 0 Å². The van der Waals surface area contributed by atoms with Gasteiger partial charge in [0.15, 0.2) is 0 Å². The van der Waals surface area contributed by atoms with Crippen molar-refractivity contribution in [2.24, 2.45) is 0 Å². The zero-order valence-corrected chi connectivity index (χ0v) is 20.3. The number of piperazine rings is 1. The monoisotopic (exact) mass is 472 g/mol. The van der Waals surface area contributed by atoms with Crippen LogP contribution in [0.5, 0.6) is 11.5 Å². The minimum atomic E-state index is -0.736. The summed E-state index contributed by atoms with van der Waals surface area (Å²) >= 11 is 0. The van der Waals surface area contributed by atoms with Crippen LogP contribution in [0.2, 0.25) is 0 Å². The van der Waals surface area contributed by atoms with Crippen molar-refractivity contribution in [3.05, 3.63) is 54.1 Å². The van der Waals surface area contributed by atoms with E-state index in [4.69, 9.17) is 18.9 Å². The van der Waals surface area contributed by atoms with Crippen LogP contribution < -0.4 is 14.4 Å². The number of methoxy groups -OCH3 is 1. The Morgan fingerprint density at radius 2 is 1.59 bits per heavy atom. The Morgan fingerprint density at radius 1 is 0.941 bits per heavy atom. The van der Waals surface area contributed by atoms with Gasteiger partial charge in [0.2, 0.25) is 0 Å². The van der Waals surface area contributed by atoms with Gasteiger partial charge >= 0.3 is 5.97 Å². The molecule has 1 atom stereocenters. The van der Waals surface area contributed by atoms with Gasteiger partial charge in [-0.05, 0) is 62.4 Å². The number of carbonyl (C=O) groups excluding carboxylic acids is 1. The van der Waals surface area contributed by atoms with Crippen LogP contribution in [0.4, 0.5) is 5.69 Å². The molecule has 2 aromatic carbocycles. The van der Waals surface area contributed by atoms with Crippen LogP contribution in [-0.2, 0) is 9.47 Å². The lowest BCUT2D eigenvalue weighted by Crippen LogP contribution is -2.49. The number of anilines is 1. The molecule has 1 heterocycles. The van der Waals surface area contributed by atoms with Crippen molar-refractivity contribution in [2.45, 2.75) is 26.1 Å². The van der Waals surface area contributed by atoms with Gasteiger partial charge in [-0.3, -0.25) is 4.90 Å². The summed E-state index contributed by atoms with van der Waals surface area (Å²) < 4.78 is 21.5. The minimum Gasteiger partial charge on any atom is -0.497 e. The molecule has 0 aromatic heterocycles. The predicted octanol–water partition coefficient (Wildman–Crippen LogP) is 2.84. The third-order valence-corrected chi connectivity index (χ3v) is 5.58. The molecule has 0 amide bonds. The fourth-order valence-electron chi connectivity index (χ4n) is 3.72. The number of aliphatic hydroxyl groups is 1. The normalized spacial score (nSPS) is 15.3. The topological polar surface area (TPSA) is 80.7 Å². The lowest BCUT2D eigenvalue weighted by Gasteiger charge is -2.36. The molecule has 0 radical (unpaired) electrons. The van der Waals surface area contributed by atoms with E-state index in [1.807, 2.05) is 26.0 Å². The lowest BCUT2D eigenvalue weighted by atomic mass is 10.2. The Hall–Kier alpha value is -2.81. The summed E-state index contributed by atoms with van der Waals surface area (Å²) in [6.07, 6.45) is -0.569. The summed E-state index contributed by atoms with van der Waals surface area (Å²) in [5.41, 5.74) is 1.58. The molecule has 8 nitrogen and oxygen atoms in total. The Bertz CT molecular complexity index is 864. The summed E-state index contributed by atoms with van der Waals surface area (Å²) in [6.45, 7) is 8.74. The molecule has 1 aliphatic rings. The molecule has 3 rings (SSSR count). The first kappa shape index (κ1) is 25.8. The van der Waals surface area contributed by atoms with E-state index in [2.05, 4.69) is 21.9 Å². The van der Waals surface area contributed by atoms with Crippen molar-refractivity contribution in [3.8, 4) is 11.5 Å². The largest absolute Gasteiger partial charge is 0.497 e. The average molecular weight is 473 g/mol. The van der Waals surface area contributed by atoms with E-state index in [1.54, 1.807) is 31.4 Å². The Labute approximate surface area is 202 Å². The second kappa shape index (κ2) is 13.2. The van der Waals surface area contributed by atoms with Crippen molar-refractivity contribution in [1.29, 1.82) is 0 Å². The van der Waals surface area contributed by atoms with Crippen LogP contribution in [0.3, 0.4) is 0 Å². The van der Waals surface area contributed by atoms with E-state index in [0.717, 1.165) is 37.6 Å². The molecule has 0 aliphatic carbocycles. The number of ether oxygens (including phenoxy) is 4. The molecule has 1 N–H and O–H groups in total. The van der Waals surface area contributed by atoms with Crippen LogP contribution in [0, 0.1) is 0 Å². The summed E-state index contributed by atoms with van der Waals surface area (Å²) in [4.78, 5) is 16.8. The molecular weight excluding hydrogens is 436 g/mol. The van der Waals surface area contributed by atoms with Crippen molar-refractivity contribution in [2.75, 3.05) is 64.6 Å². The maximum Gasteiger partial charge on any atom is 0.338 e. The van der Waals surface area contributed by atoms with Gasteiger partial charge < -0.3 is 29.0 Å². The van der Waals surface area contributed by atoms with Gasteiger partial charge in [0, 0.05) is 38.4 Å². The second-order valence-corrected chi connectivity index (χ2v) is 8.53. The van der Waals surface area contributed by atoms with E-state index < -0.39 is 12.1 Å². The van der Waals surface area contributed by atoms with Gasteiger partial charge in [0.25, 0.3) is 0 Å². The zero-order valence-electron chi connectivity index (χ0n) is 20.3. The van der Waals surface area contributed by atoms with Gasteiger partial charge in [-0.1, -0.05) is 0 Å².